The fraction of sp³-hybridized carbons (Fsp3) is 0.375. The molecule has 0 spiro atoms. The topological polar surface area (TPSA) is 92.4 Å². The molecule has 76 valence electrons. The first-order valence-corrected chi connectivity index (χ1v) is 3.94. The summed E-state index contributed by atoms with van der Waals surface area (Å²) in [5, 5.41) is 10.5. The Labute approximate surface area is 79.9 Å². The number of carboxylic acids is 1. The van der Waals surface area contributed by atoms with Crippen molar-refractivity contribution >= 4 is 11.9 Å². The van der Waals surface area contributed by atoms with Crippen molar-refractivity contribution in [2.75, 3.05) is 6.54 Å². The largest absolute Gasteiger partial charge is 0.480 e. The molecule has 1 amide bonds. The van der Waals surface area contributed by atoms with Gasteiger partial charge in [0.05, 0.1) is 5.69 Å². The number of amides is 1. The van der Waals surface area contributed by atoms with Gasteiger partial charge in [0.1, 0.15) is 6.54 Å². The van der Waals surface area contributed by atoms with Crippen molar-refractivity contribution in [1.29, 1.82) is 0 Å². The minimum Gasteiger partial charge on any atom is -0.480 e. The van der Waals surface area contributed by atoms with E-state index in [1.165, 1.54) is 0 Å². The fourth-order valence-electron chi connectivity index (χ4n) is 0.978. The van der Waals surface area contributed by atoms with E-state index in [0.29, 0.717) is 11.6 Å². The van der Waals surface area contributed by atoms with Crippen molar-refractivity contribution in [3.8, 4) is 0 Å². The molecule has 0 aliphatic rings. The van der Waals surface area contributed by atoms with Crippen LogP contribution in [0.3, 0.4) is 0 Å². The van der Waals surface area contributed by atoms with E-state index < -0.39 is 18.4 Å². The molecule has 1 aromatic heterocycles. The maximum Gasteiger partial charge on any atom is 0.322 e. The first kappa shape index (κ1) is 10.2. The Morgan fingerprint density at radius 3 is 2.57 bits per heavy atom. The number of aryl methyl sites for hydroxylation is 2. The number of aliphatic carboxylic acids is 1. The first-order chi connectivity index (χ1) is 6.50. The molecule has 0 aliphatic carbocycles. The highest BCUT2D eigenvalue weighted by molar-refractivity contribution is 5.94. The Bertz CT molecular complexity index is 369. The van der Waals surface area contributed by atoms with Crippen molar-refractivity contribution in [3.05, 3.63) is 17.3 Å². The van der Waals surface area contributed by atoms with E-state index in [4.69, 9.17) is 9.52 Å². The lowest BCUT2D eigenvalue weighted by molar-refractivity contribution is -0.135. The standard InChI is InChI=1S/C8H10N2O4/c1-4-7(14-5(2)10-4)8(13)9-3-6(11)12/h3H2,1-2H3,(H,9,13)(H,11,12). The van der Waals surface area contributed by atoms with Crippen LogP contribution < -0.4 is 5.32 Å². The van der Waals surface area contributed by atoms with E-state index in [1.54, 1.807) is 13.8 Å². The molecule has 0 unspecified atom stereocenters. The second kappa shape index (κ2) is 3.91. The average molecular weight is 198 g/mol. The lowest BCUT2D eigenvalue weighted by Crippen LogP contribution is -2.29. The van der Waals surface area contributed by atoms with Crippen molar-refractivity contribution in [2.24, 2.45) is 0 Å². The Balaban J connectivity index is 2.69. The molecule has 14 heavy (non-hydrogen) atoms. The Morgan fingerprint density at radius 1 is 1.50 bits per heavy atom. The third-order valence-corrected chi connectivity index (χ3v) is 1.51. The molecule has 0 aromatic carbocycles. The summed E-state index contributed by atoms with van der Waals surface area (Å²) >= 11 is 0. The molecular weight excluding hydrogens is 188 g/mol. The van der Waals surface area contributed by atoms with Gasteiger partial charge in [-0.3, -0.25) is 9.59 Å². The van der Waals surface area contributed by atoms with Gasteiger partial charge in [-0.05, 0) is 6.92 Å². The Kier molecular flexibility index (Phi) is 2.85. The summed E-state index contributed by atoms with van der Waals surface area (Å²) in [7, 11) is 0. The third kappa shape index (κ3) is 2.32. The molecule has 0 bridgehead atoms. The van der Waals surface area contributed by atoms with Gasteiger partial charge in [0.25, 0.3) is 5.91 Å². The number of hydrogen-bond donors (Lipinski definition) is 2. The first-order valence-electron chi connectivity index (χ1n) is 3.94. The molecule has 1 rings (SSSR count). The summed E-state index contributed by atoms with van der Waals surface area (Å²) in [6.07, 6.45) is 0. The molecule has 6 heteroatoms. The van der Waals surface area contributed by atoms with Crippen molar-refractivity contribution in [1.82, 2.24) is 10.3 Å². The minimum absolute atomic E-state index is 0.0590. The Hall–Kier alpha value is -1.85. The second-order valence-corrected chi connectivity index (χ2v) is 2.72. The molecule has 0 saturated carbocycles. The van der Waals surface area contributed by atoms with Crippen molar-refractivity contribution in [3.63, 3.8) is 0 Å². The fourth-order valence-corrected chi connectivity index (χ4v) is 0.978. The number of rotatable bonds is 3. The van der Waals surface area contributed by atoms with E-state index >= 15 is 0 Å². The summed E-state index contributed by atoms with van der Waals surface area (Å²) < 4.78 is 4.99. The molecule has 0 saturated heterocycles. The summed E-state index contributed by atoms with van der Waals surface area (Å²) in [6.45, 7) is 2.80. The molecule has 0 radical (unpaired) electrons. The third-order valence-electron chi connectivity index (χ3n) is 1.51. The van der Waals surface area contributed by atoms with E-state index in [-0.39, 0.29) is 5.76 Å². The van der Waals surface area contributed by atoms with E-state index in [2.05, 4.69) is 10.3 Å². The zero-order valence-corrected chi connectivity index (χ0v) is 7.83. The zero-order chi connectivity index (χ0) is 10.7. The van der Waals surface area contributed by atoms with Crippen LogP contribution in [0.1, 0.15) is 22.1 Å². The predicted octanol–water partition coefficient (Wildman–Crippen LogP) is 0.106. The monoisotopic (exact) mass is 198 g/mol. The lowest BCUT2D eigenvalue weighted by atomic mass is 10.3. The predicted molar refractivity (Wildman–Crippen MR) is 45.9 cm³/mol. The summed E-state index contributed by atoms with van der Waals surface area (Å²) in [5.74, 6) is -1.23. The summed E-state index contributed by atoms with van der Waals surface area (Å²) in [5.41, 5.74) is 0.449. The molecular formula is C8H10N2O4. The van der Waals surface area contributed by atoms with Gasteiger partial charge in [0.15, 0.2) is 5.89 Å². The number of nitrogens with zero attached hydrogens (tertiary/aromatic N) is 1. The number of carbonyl (C=O) groups is 2. The maximum atomic E-state index is 11.3. The van der Waals surface area contributed by atoms with Gasteiger partial charge in [0, 0.05) is 6.92 Å². The molecule has 0 atom stereocenters. The van der Waals surface area contributed by atoms with Crippen LogP contribution in [0.5, 0.6) is 0 Å². The minimum atomic E-state index is -1.10. The number of oxazole rings is 1. The van der Waals surface area contributed by atoms with Gasteiger partial charge < -0.3 is 14.8 Å². The van der Waals surface area contributed by atoms with Gasteiger partial charge in [-0.1, -0.05) is 0 Å². The van der Waals surface area contributed by atoms with Gasteiger partial charge in [-0.15, -0.1) is 0 Å². The average Bonchev–Trinajstić information content (AvgIpc) is 2.41. The highest BCUT2D eigenvalue weighted by Crippen LogP contribution is 2.08. The normalized spacial score (nSPS) is 9.86. The lowest BCUT2D eigenvalue weighted by Gasteiger charge is -1.98. The summed E-state index contributed by atoms with van der Waals surface area (Å²) in [6, 6.07) is 0. The van der Waals surface area contributed by atoms with E-state index in [1.807, 2.05) is 0 Å². The smallest absolute Gasteiger partial charge is 0.322 e. The van der Waals surface area contributed by atoms with Crippen LogP contribution in [0.25, 0.3) is 0 Å². The van der Waals surface area contributed by atoms with Gasteiger partial charge in [-0.2, -0.15) is 0 Å². The number of carboxylic acid groups (broad SMARTS) is 1. The van der Waals surface area contributed by atoms with E-state index in [9.17, 15) is 9.59 Å². The number of hydrogen-bond acceptors (Lipinski definition) is 4. The molecule has 0 fully saturated rings. The van der Waals surface area contributed by atoms with Gasteiger partial charge >= 0.3 is 5.97 Å². The van der Waals surface area contributed by atoms with Crippen LogP contribution in [-0.2, 0) is 4.79 Å². The van der Waals surface area contributed by atoms with Gasteiger partial charge in [-0.25, -0.2) is 4.98 Å². The highest BCUT2D eigenvalue weighted by Gasteiger charge is 2.15. The van der Waals surface area contributed by atoms with Crippen LogP contribution in [0.4, 0.5) is 0 Å². The molecule has 1 aromatic rings. The van der Waals surface area contributed by atoms with Crippen LogP contribution in [0.15, 0.2) is 4.42 Å². The number of aromatic nitrogens is 1. The van der Waals surface area contributed by atoms with Crippen LogP contribution in [-0.4, -0.2) is 28.5 Å². The van der Waals surface area contributed by atoms with E-state index in [0.717, 1.165) is 0 Å². The van der Waals surface area contributed by atoms with Crippen LogP contribution >= 0.6 is 0 Å². The molecule has 0 aliphatic heterocycles. The maximum absolute atomic E-state index is 11.3. The zero-order valence-electron chi connectivity index (χ0n) is 7.83. The molecule has 6 nitrogen and oxygen atoms in total. The SMILES string of the molecule is Cc1nc(C)c(C(=O)NCC(=O)O)o1. The van der Waals surface area contributed by atoms with Crippen molar-refractivity contribution in [2.45, 2.75) is 13.8 Å². The highest BCUT2D eigenvalue weighted by atomic mass is 16.4. The second-order valence-electron chi connectivity index (χ2n) is 2.72. The van der Waals surface area contributed by atoms with Crippen LogP contribution in [0, 0.1) is 13.8 Å². The van der Waals surface area contributed by atoms with Gasteiger partial charge in [0.2, 0.25) is 5.76 Å². The van der Waals surface area contributed by atoms with Crippen LogP contribution in [0.2, 0.25) is 0 Å². The molecule has 2 N–H and O–H groups in total. The van der Waals surface area contributed by atoms with Crippen molar-refractivity contribution < 1.29 is 19.1 Å². The molecule has 1 heterocycles. The number of carbonyl (C=O) groups excluding carboxylic acids is 1. The quantitative estimate of drug-likeness (QED) is 0.718. The Morgan fingerprint density at radius 2 is 2.14 bits per heavy atom. The number of nitrogens with one attached hydrogen (secondary N) is 1. The summed E-state index contributed by atoms with van der Waals surface area (Å²) in [4.78, 5) is 25.3.